The van der Waals surface area contributed by atoms with E-state index in [1.54, 1.807) is 6.26 Å². The lowest BCUT2D eigenvalue weighted by molar-refractivity contribution is 0.521. The molecule has 1 heterocycles. The van der Waals surface area contributed by atoms with Crippen molar-refractivity contribution in [3.05, 3.63) is 12.0 Å². The van der Waals surface area contributed by atoms with Gasteiger partial charge in [0.1, 0.15) is 6.26 Å². The number of anilines is 1. The average Bonchev–Trinajstić information content (AvgIpc) is 2.78. The fourth-order valence-corrected chi connectivity index (χ4v) is 1.70. The van der Waals surface area contributed by atoms with E-state index in [-0.39, 0.29) is 0 Å². The highest BCUT2D eigenvalue weighted by atomic mass is 16.4. The third-order valence-electron chi connectivity index (χ3n) is 2.73. The smallest absolute Gasteiger partial charge is 0.297 e. The highest BCUT2D eigenvalue weighted by Crippen LogP contribution is 2.15. The van der Waals surface area contributed by atoms with Crippen molar-refractivity contribution in [1.29, 1.82) is 0 Å². The predicted octanol–water partition coefficient (Wildman–Crippen LogP) is 2.80. The molecule has 17 heavy (non-hydrogen) atoms. The van der Waals surface area contributed by atoms with Gasteiger partial charge in [0.25, 0.3) is 6.01 Å². The number of hydrogen-bond donors (Lipinski definition) is 1. The minimum Gasteiger partial charge on any atom is -0.432 e. The van der Waals surface area contributed by atoms with E-state index in [1.807, 2.05) is 7.05 Å². The summed E-state index contributed by atoms with van der Waals surface area (Å²) in [6.07, 6.45) is 6.52. The molecule has 0 saturated heterocycles. The molecular weight excluding hydrogens is 214 g/mol. The Morgan fingerprint density at radius 2 is 1.88 bits per heavy atom. The molecule has 0 aliphatic carbocycles. The minimum absolute atomic E-state index is 0.763. The maximum atomic E-state index is 5.55. The molecule has 4 heteroatoms. The van der Waals surface area contributed by atoms with E-state index in [4.69, 9.17) is 4.42 Å². The number of nitrogens with one attached hydrogen (secondary N) is 1. The molecule has 0 fully saturated rings. The summed E-state index contributed by atoms with van der Waals surface area (Å²) >= 11 is 0. The van der Waals surface area contributed by atoms with Gasteiger partial charge in [0.2, 0.25) is 0 Å². The molecule has 0 amide bonds. The molecule has 1 aromatic rings. The van der Waals surface area contributed by atoms with Crippen LogP contribution in [0.25, 0.3) is 0 Å². The van der Waals surface area contributed by atoms with Crippen LogP contribution in [0.15, 0.2) is 10.7 Å². The average molecular weight is 239 g/mol. The first-order chi connectivity index (χ1) is 8.31. The van der Waals surface area contributed by atoms with Crippen LogP contribution in [-0.2, 0) is 6.54 Å². The van der Waals surface area contributed by atoms with E-state index in [9.17, 15) is 0 Å². The number of rotatable bonds is 9. The van der Waals surface area contributed by atoms with Crippen LogP contribution in [0.1, 0.15) is 45.2 Å². The summed E-state index contributed by atoms with van der Waals surface area (Å²) in [4.78, 5) is 6.76. The molecule has 1 N–H and O–H groups in total. The monoisotopic (exact) mass is 239 g/mol. The van der Waals surface area contributed by atoms with Gasteiger partial charge in [0.15, 0.2) is 0 Å². The summed E-state index contributed by atoms with van der Waals surface area (Å²) in [6, 6.07) is 0.775. The normalized spacial score (nSPS) is 10.8. The van der Waals surface area contributed by atoms with Crippen molar-refractivity contribution in [2.75, 3.05) is 25.0 Å². The third kappa shape index (κ3) is 4.77. The lowest BCUT2D eigenvalue weighted by Crippen LogP contribution is -2.26. The molecule has 0 aliphatic rings. The van der Waals surface area contributed by atoms with E-state index >= 15 is 0 Å². The van der Waals surface area contributed by atoms with Crippen LogP contribution < -0.4 is 10.2 Å². The van der Waals surface area contributed by atoms with Gasteiger partial charge in [-0.15, -0.1) is 0 Å². The van der Waals surface area contributed by atoms with E-state index in [1.165, 1.54) is 25.7 Å². The zero-order chi connectivity index (χ0) is 12.5. The van der Waals surface area contributed by atoms with Crippen molar-refractivity contribution in [3.63, 3.8) is 0 Å². The lowest BCUT2D eigenvalue weighted by atomic mass is 10.3. The Hall–Kier alpha value is -1.03. The standard InChI is InChI=1S/C13H25N3O/c1-4-6-8-16(9-7-5-2)13-15-12(10-14-3)11-17-13/h11,14H,4-10H2,1-3H3. The molecule has 0 bridgehead atoms. The van der Waals surface area contributed by atoms with Crippen molar-refractivity contribution in [3.8, 4) is 0 Å². The van der Waals surface area contributed by atoms with E-state index < -0.39 is 0 Å². The molecule has 4 nitrogen and oxygen atoms in total. The van der Waals surface area contributed by atoms with Crippen LogP contribution in [0.2, 0.25) is 0 Å². The van der Waals surface area contributed by atoms with Crippen molar-refractivity contribution >= 4 is 6.01 Å². The zero-order valence-corrected chi connectivity index (χ0v) is 11.3. The topological polar surface area (TPSA) is 41.3 Å². The van der Waals surface area contributed by atoms with Gasteiger partial charge in [-0.25, -0.2) is 0 Å². The molecule has 0 unspecified atom stereocenters. The molecule has 0 saturated carbocycles. The van der Waals surface area contributed by atoms with Gasteiger partial charge in [0, 0.05) is 19.6 Å². The number of unbranched alkanes of at least 4 members (excludes halogenated alkanes) is 2. The number of hydrogen-bond acceptors (Lipinski definition) is 4. The summed E-state index contributed by atoms with van der Waals surface area (Å²) in [6.45, 7) is 7.25. The number of nitrogens with zero attached hydrogens (tertiary/aromatic N) is 2. The van der Waals surface area contributed by atoms with Gasteiger partial charge in [-0.05, 0) is 19.9 Å². The summed E-state index contributed by atoms with van der Waals surface area (Å²) in [5, 5.41) is 3.08. The number of oxazole rings is 1. The Bertz CT molecular complexity index is 291. The van der Waals surface area contributed by atoms with E-state index in [0.717, 1.165) is 31.3 Å². The van der Waals surface area contributed by atoms with Crippen molar-refractivity contribution < 1.29 is 4.42 Å². The summed E-state index contributed by atoms with van der Waals surface area (Å²) in [5.74, 6) is 0. The second-order valence-corrected chi connectivity index (χ2v) is 4.35. The van der Waals surface area contributed by atoms with Crippen LogP contribution in [0.5, 0.6) is 0 Å². The Balaban J connectivity index is 2.58. The van der Waals surface area contributed by atoms with Gasteiger partial charge in [0.05, 0.1) is 5.69 Å². The first-order valence-corrected chi connectivity index (χ1v) is 6.65. The Morgan fingerprint density at radius 1 is 1.24 bits per heavy atom. The largest absolute Gasteiger partial charge is 0.432 e. The maximum absolute atomic E-state index is 5.55. The fourth-order valence-electron chi connectivity index (χ4n) is 1.70. The Kier molecular flexibility index (Phi) is 6.70. The van der Waals surface area contributed by atoms with Gasteiger partial charge >= 0.3 is 0 Å². The molecular formula is C13H25N3O. The van der Waals surface area contributed by atoms with Crippen LogP contribution in [0, 0.1) is 0 Å². The van der Waals surface area contributed by atoms with Gasteiger partial charge in [-0.3, -0.25) is 0 Å². The summed E-state index contributed by atoms with van der Waals surface area (Å²) in [7, 11) is 1.92. The summed E-state index contributed by atoms with van der Waals surface area (Å²) in [5.41, 5.74) is 0.973. The second kappa shape index (κ2) is 8.12. The quantitative estimate of drug-likeness (QED) is 0.719. The SMILES string of the molecule is CCCCN(CCCC)c1nc(CNC)co1. The van der Waals surface area contributed by atoms with Crippen LogP contribution in [0.3, 0.4) is 0 Å². The highest BCUT2D eigenvalue weighted by molar-refractivity contribution is 5.26. The Morgan fingerprint density at radius 3 is 2.41 bits per heavy atom. The van der Waals surface area contributed by atoms with Crippen LogP contribution >= 0.6 is 0 Å². The Labute approximate surface area is 104 Å². The minimum atomic E-state index is 0.763. The van der Waals surface area contributed by atoms with E-state index in [0.29, 0.717) is 0 Å². The van der Waals surface area contributed by atoms with Crippen molar-refractivity contribution in [1.82, 2.24) is 10.3 Å². The molecule has 0 aliphatic heterocycles. The second-order valence-electron chi connectivity index (χ2n) is 4.35. The molecule has 1 aromatic heterocycles. The zero-order valence-electron chi connectivity index (χ0n) is 11.3. The first kappa shape index (κ1) is 14.0. The molecule has 98 valence electrons. The third-order valence-corrected chi connectivity index (χ3v) is 2.73. The van der Waals surface area contributed by atoms with E-state index in [2.05, 4.69) is 29.0 Å². The highest BCUT2D eigenvalue weighted by Gasteiger charge is 2.11. The molecule has 1 rings (SSSR count). The van der Waals surface area contributed by atoms with Crippen LogP contribution in [-0.4, -0.2) is 25.1 Å². The van der Waals surface area contributed by atoms with Crippen LogP contribution in [0.4, 0.5) is 6.01 Å². The summed E-state index contributed by atoms with van der Waals surface area (Å²) < 4.78 is 5.55. The van der Waals surface area contributed by atoms with Gasteiger partial charge < -0.3 is 14.6 Å². The maximum Gasteiger partial charge on any atom is 0.297 e. The predicted molar refractivity (Wildman–Crippen MR) is 71.3 cm³/mol. The lowest BCUT2D eigenvalue weighted by Gasteiger charge is -2.19. The molecule has 0 atom stereocenters. The number of aromatic nitrogens is 1. The molecule has 0 aromatic carbocycles. The van der Waals surface area contributed by atoms with Gasteiger partial charge in [-0.1, -0.05) is 26.7 Å². The molecule has 0 spiro atoms. The first-order valence-electron chi connectivity index (χ1n) is 6.65. The molecule has 0 radical (unpaired) electrons. The van der Waals surface area contributed by atoms with Gasteiger partial charge in [-0.2, -0.15) is 4.98 Å². The van der Waals surface area contributed by atoms with Crippen molar-refractivity contribution in [2.24, 2.45) is 0 Å². The van der Waals surface area contributed by atoms with Crippen molar-refractivity contribution in [2.45, 2.75) is 46.1 Å². The fraction of sp³-hybridized carbons (Fsp3) is 0.769.